The summed E-state index contributed by atoms with van der Waals surface area (Å²) in [5.41, 5.74) is 2.48. The Kier molecular flexibility index (Phi) is 5.93. The molecule has 156 valence electrons. The summed E-state index contributed by atoms with van der Waals surface area (Å²) in [6, 6.07) is 18.2. The van der Waals surface area contributed by atoms with Gasteiger partial charge in [0, 0.05) is 15.7 Å². The number of benzene rings is 3. The van der Waals surface area contributed by atoms with Crippen molar-refractivity contribution in [1.29, 1.82) is 0 Å². The van der Waals surface area contributed by atoms with E-state index < -0.39 is 17.7 Å². The van der Waals surface area contributed by atoms with Crippen molar-refractivity contribution in [3.8, 4) is 0 Å². The number of hydrogen-bond acceptors (Lipinski definition) is 3. The van der Waals surface area contributed by atoms with Crippen LogP contribution in [-0.4, -0.2) is 16.8 Å². The van der Waals surface area contributed by atoms with Crippen molar-refractivity contribution in [2.75, 3.05) is 4.90 Å². The van der Waals surface area contributed by atoms with Gasteiger partial charge in [0.15, 0.2) is 0 Å². The van der Waals surface area contributed by atoms with E-state index in [1.807, 2.05) is 31.2 Å². The first-order chi connectivity index (χ1) is 14.8. The summed E-state index contributed by atoms with van der Waals surface area (Å²) in [6.07, 6.45) is 0. The highest BCUT2D eigenvalue weighted by atomic mass is 79.9. The Morgan fingerprint density at radius 2 is 1.65 bits per heavy atom. The SMILES string of the molecule is Cc1ccccc1C1/C(=C(\O)c2ccc(Br)cc2)C(=O)C(=O)N1c1ccc(Cl)c(Cl)c1. The molecule has 1 unspecified atom stereocenters. The van der Waals surface area contributed by atoms with Gasteiger partial charge in [0.1, 0.15) is 5.76 Å². The summed E-state index contributed by atoms with van der Waals surface area (Å²) in [5.74, 6) is -1.74. The Morgan fingerprint density at radius 1 is 0.968 bits per heavy atom. The van der Waals surface area contributed by atoms with Crippen molar-refractivity contribution in [3.05, 3.63) is 104 Å². The molecular formula is C24H16BrCl2NO3. The standard InChI is InChI=1S/C24H16BrCl2NO3/c1-13-4-2-3-5-17(13)21-20(22(29)14-6-8-15(25)9-7-14)23(30)24(31)28(21)16-10-11-18(26)19(27)12-16/h2-12,21,29H,1H3/b22-20+. The number of anilines is 1. The molecule has 1 fully saturated rings. The number of nitrogens with zero attached hydrogens (tertiary/aromatic N) is 1. The molecule has 3 aromatic carbocycles. The van der Waals surface area contributed by atoms with Crippen molar-refractivity contribution >= 4 is 62.3 Å². The lowest BCUT2D eigenvalue weighted by atomic mass is 9.92. The van der Waals surface area contributed by atoms with Crippen LogP contribution in [0.25, 0.3) is 5.76 Å². The zero-order valence-electron chi connectivity index (χ0n) is 16.3. The molecule has 3 aromatic rings. The quantitative estimate of drug-likeness (QED) is 0.239. The average molecular weight is 517 g/mol. The molecule has 0 radical (unpaired) electrons. The number of halogens is 3. The van der Waals surface area contributed by atoms with E-state index in [9.17, 15) is 14.7 Å². The molecule has 4 rings (SSSR count). The van der Waals surface area contributed by atoms with E-state index in [2.05, 4.69) is 15.9 Å². The first-order valence-corrected chi connectivity index (χ1v) is 10.9. The van der Waals surface area contributed by atoms with Crippen LogP contribution in [0.15, 0.2) is 76.8 Å². The Morgan fingerprint density at radius 3 is 2.29 bits per heavy atom. The second-order valence-corrected chi connectivity index (χ2v) is 8.86. The number of rotatable bonds is 3. The van der Waals surface area contributed by atoms with Gasteiger partial charge in [0.05, 0.1) is 21.7 Å². The Bertz CT molecular complexity index is 1240. The Balaban J connectivity index is 1.98. The lowest BCUT2D eigenvalue weighted by Crippen LogP contribution is -2.29. The molecule has 7 heteroatoms. The van der Waals surface area contributed by atoms with E-state index in [0.29, 0.717) is 16.3 Å². The number of aliphatic hydroxyl groups excluding tert-OH is 1. The van der Waals surface area contributed by atoms with Crippen molar-refractivity contribution < 1.29 is 14.7 Å². The highest BCUT2D eigenvalue weighted by Crippen LogP contribution is 2.44. The largest absolute Gasteiger partial charge is 0.507 e. The van der Waals surface area contributed by atoms with Crippen molar-refractivity contribution in [2.24, 2.45) is 0 Å². The summed E-state index contributed by atoms with van der Waals surface area (Å²) in [6.45, 7) is 1.89. The van der Waals surface area contributed by atoms with Gasteiger partial charge in [-0.05, 0) is 48.4 Å². The number of carbonyl (C=O) groups is 2. The van der Waals surface area contributed by atoms with Gasteiger partial charge in [-0.15, -0.1) is 0 Å². The third kappa shape index (κ3) is 3.89. The second kappa shape index (κ2) is 8.50. The zero-order chi connectivity index (χ0) is 22.3. The molecule has 0 saturated carbocycles. The fourth-order valence-electron chi connectivity index (χ4n) is 3.68. The van der Waals surface area contributed by atoms with Crippen LogP contribution in [0.1, 0.15) is 22.7 Å². The highest BCUT2D eigenvalue weighted by molar-refractivity contribution is 9.10. The van der Waals surface area contributed by atoms with Crippen molar-refractivity contribution in [3.63, 3.8) is 0 Å². The van der Waals surface area contributed by atoms with Crippen LogP contribution < -0.4 is 4.90 Å². The third-order valence-electron chi connectivity index (χ3n) is 5.23. The summed E-state index contributed by atoms with van der Waals surface area (Å²) in [5, 5.41) is 11.7. The molecule has 1 aliphatic rings. The van der Waals surface area contributed by atoms with Crippen LogP contribution in [0, 0.1) is 6.92 Å². The van der Waals surface area contributed by atoms with Gasteiger partial charge in [0.25, 0.3) is 11.7 Å². The van der Waals surface area contributed by atoms with Crippen molar-refractivity contribution in [2.45, 2.75) is 13.0 Å². The van der Waals surface area contributed by atoms with Crippen LogP contribution in [-0.2, 0) is 9.59 Å². The molecule has 1 atom stereocenters. The minimum Gasteiger partial charge on any atom is -0.507 e. The predicted molar refractivity (Wildman–Crippen MR) is 127 cm³/mol. The van der Waals surface area contributed by atoms with E-state index >= 15 is 0 Å². The first-order valence-electron chi connectivity index (χ1n) is 9.37. The molecule has 0 bridgehead atoms. The van der Waals surface area contributed by atoms with Gasteiger partial charge < -0.3 is 5.11 Å². The topological polar surface area (TPSA) is 57.6 Å². The van der Waals surface area contributed by atoms with E-state index in [-0.39, 0.29) is 16.4 Å². The predicted octanol–water partition coefficient (Wildman–Crippen LogP) is 6.69. The normalized spacial score (nSPS) is 17.9. The van der Waals surface area contributed by atoms with E-state index in [1.54, 1.807) is 42.5 Å². The number of Topliss-reactive ketones (excluding diaryl/α,β-unsaturated/α-hetero) is 1. The molecule has 0 spiro atoms. The summed E-state index contributed by atoms with van der Waals surface area (Å²) < 4.78 is 0.829. The monoisotopic (exact) mass is 515 g/mol. The molecule has 0 aromatic heterocycles. The minimum absolute atomic E-state index is 0.0210. The average Bonchev–Trinajstić information content (AvgIpc) is 3.01. The minimum atomic E-state index is -0.818. The lowest BCUT2D eigenvalue weighted by Gasteiger charge is -2.27. The molecule has 1 N–H and O–H groups in total. The number of carbonyl (C=O) groups excluding carboxylic acids is 2. The molecule has 1 aliphatic heterocycles. The fourth-order valence-corrected chi connectivity index (χ4v) is 4.24. The van der Waals surface area contributed by atoms with Gasteiger partial charge in [-0.2, -0.15) is 0 Å². The van der Waals surface area contributed by atoms with E-state index in [0.717, 1.165) is 15.6 Å². The number of aliphatic hydroxyl groups is 1. The van der Waals surface area contributed by atoms with Crippen LogP contribution in [0.5, 0.6) is 0 Å². The maximum Gasteiger partial charge on any atom is 0.300 e. The smallest absolute Gasteiger partial charge is 0.300 e. The van der Waals surface area contributed by atoms with Crippen LogP contribution >= 0.6 is 39.1 Å². The van der Waals surface area contributed by atoms with Crippen LogP contribution in [0.4, 0.5) is 5.69 Å². The number of ketones is 1. The first kappa shape index (κ1) is 21.6. The van der Waals surface area contributed by atoms with Crippen molar-refractivity contribution in [1.82, 2.24) is 0 Å². The van der Waals surface area contributed by atoms with Gasteiger partial charge >= 0.3 is 0 Å². The Hall–Kier alpha value is -2.60. The third-order valence-corrected chi connectivity index (χ3v) is 6.49. The maximum absolute atomic E-state index is 13.1. The second-order valence-electron chi connectivity index (χ2n) is 7.13. The molecule has 1 heterocycles. The molecule has 1 saturated heterocycles. The number of aryl methyl sites for hydroxylation is 1. The highest BCUT2D eigenvalue weighted by Gasteiger charge is 2.47. The summed E-state index contributed by atoms with van der Waals surface area (Å²) in [4.78, 5) is 27.6. The van der Waals surface area contributed by atoms with Gasteiger partial charge in [-0.3, -0.25) is 14.5 Å². The molecule has 0 aliphatic carbocycles. The number of amides is 1. The Labute approximate surface area is 197 Å². The fraction of sp³-hybridized carbons (Fsp3) is 0.0833. The summed E-state index contributed by atoms with van der Waals surface area (Å²) in [7, 11) is 0. The van der Waals surface area contributed by atoms with Crippen LogP contribution in [0.2, 0.25) is 10.0 Å². The van der Waals surface area contributed by atoms with Gasteiger partial charge in [0.2, 0.25) is 0 Å². The van der Waals surface area contributed by atoms with Crippen LogP contribution in [0.3, 0.4) is 0 Å². The lowest BCUT2D eigenvalue weighted by molar-refractivity contribution is -0.132. The maximum atomic E-state index is 13.1. The van der Waals surface area contributed by atoms with E-state index in [4.69, 9.17) is 23.2 Å². The zero-order valence-corrected chi connectivity index (χ0v) is 19.4. The summed E-state index contributed by atoms with van der Waals surface area (Å²) >= 11 is 15.6. The molecular weight excluding hydrogens is 501 g/mol. The molecule has 4 nitrogen and oxygen atoms in total. The molecule has 1 amide bonds. The molecule has 31 heavy (non-hydrogen) atoms. The number of hydrogen-bond donors (Lipinski definition) is 1. The van der Waals surface area contributed by atoms with Gasteiger partial charge in [-0.25, -0.2) is 0 Å². The van der Waals surface area contributed by atoms with E-state index in [1.165, 1.54) is 4.90 Å². The van der Waals surface area contributed by atoms with Gasteiger partial charge in [-0.1, -0.05) is 75.5 Å².